The maximum absolute atomic E-state index is 12.1. The average Bonchev–Trinajstić information content (AvgIpc) is 2.53. The second-order valence-electron chi connectivity index (χ2n) is 5.39. The van der Waals surface area contributed by atoms with Crippen LogP contribution in [0.25, 0.3) is 0 Å². The maximum atomic E-state index is 12.1. The van der Waals surface area contributed by atoms with Gasteiger partial charge >= 0.3 is 5.97 Å². The minimum Gasteiger partial charge on any atom is -0.481 e. The van der Waals surface area contributed by atoms with Crippen molar-refractivity contribution < 1.29 is 18.3 Å². The summed E-state index contributed by atoms with van der Waals surface area (Å²) in [6, 6.07) is 8.26. The lowest BCUT2D eigenvalue weighted by Gasteiger charge is -2.19. The number of carboxylic acids is 1. The van der Waals surface area contributed by atoms with E-state index >= 15 is 0 Å². The van der Waals surface area contributed by atoms with Gasteiger partial charge in [0.1, 0.15) is 16.7 Å². The monoisotopic (exact) mass is 416 g/mol. The number of hydrogen-bond donors (Lipinski definition) is 2. The van der Waals surface area contributed by atoms with Gasteiger partial charge in [-0.15, -0.1) is 0 Å². The lowest BCUT2D eigenvalue weighted by Crippen LogP contribution is -2.30. The van der Waals surface area contributed by atoms with Crippen LogP contribution < -0.4 is 5.73 Å². The number of anilines is 1. The molecule has 0 aliphatic heterocycles. The van der Waals surface area contributed by atoms with Gasteiger partial charge in [0.25, 0.3) is 0 Å². The van der Waals surface area contributed by atoms with Gasteiger partial charge < -0.3 is 10.8 Å². The number of thioether (sulfide) groups is 1. The molecule has 0 unspecified atom stereocenters. The quantitative estimate of drug-likeness (QED) is 0.493. The van der Waals surface area contributed by atoms with Crippen molar-refractivity contribution in [2.24, 2.45) is 0 Å². The Balaban J connectivity index is 2.22. The summed E-state index contributed by atoms with van der Waals surface area (Å²) in [5.74, 6) is -0.842. The molecule has 0 saturated carbocycles. The van der Waals surface area contributed by atoms with Crippen LogP contribution in [-0.2, 0) is 27.9 Å². The Morgan fingerprint density at radius 3 is 2.50 bits per heavy atom. The Morgan fingerprint density at radius 1 is 1.27 bits per heavy atom. The van der Waals surface area contributed by atoms with Crippen LogP contribution >= 0.6 is 23.4 Å². The first kappa shape index (κ1) is 20.4. The van der Waals surface area contributed by atoms with E-state index in [1.807, 2.05) is 0 Å². The van der Waals surface area contributed by atoms with Gasteiger partial charge in [-0.3, -0.25) is 4.79 Å². The largest absolute Gasteiger partial charge is 0.481 e. The molecular weight excluding hydrogens is 400 g/mol. The molecule has 1 aromatic heterocycles. The van der Waals surface area contributed by atoms with Crippen LogP contribution in [0.1, 0.15) is 11.4 Å². The zero-order chi connectivity index (χ0) is 19.3. The molecule has 140 valence electrons. The summed E-state index contributed by atoms with van der Waals surface area (Å²) in [4.78, 5) is 18.9. The van der Waals surface area contributed by atoms with Crippen molar-refractivity contribution in [3.63, 3.8) is 0 Å². The molecule has 2 rings (SSSR count). The molecule has 0 aliphatic rings. The first-order valence-electron chi connectivity index (χ1n) is 7.31. The maximum Gasteiger partial charge on any atom is 0.313 e. The molecular formula is C15H17ClN4O4S2. The summed E-state index contributed by atoms with van der Waals surface area (Å²) >= 11 is 6.83. The van der Waals surface area contributed by atoms with Crippen molar-refractivity contribution in [2.75, 3.05) is 17.7 Å². The van der Waals surface area contributed by atoms with Crippen molar-refractivity contribution in [2.45, 2.75) is 18.1 Å². The third-order valence-electron chi connectivity index (χ3n) is 3.17. The molecule has 0 radical (unpaired) electrons. The summed E-state index contributed by atoms with van der Waals surface area (Å²) in [5.41, 5.74) is 6.48. The van der Waals surface area contributed by atoms with Crippen LogP contribution in [0.4, 0.5) is 5.82 Å². The predicted octanol–water partition coefficient (Wildman–Crippen LogP) is 1.85. The van der Waals surface area contributed by atoms with Crippen molar-refractivity contribution in [3.05, 3.63) is 46.7 Å². The molecule has 11 heteroatoms. The molecule has 0 spiro atoms. The van der Waals surface area contributed by atoms with Crippen molar-refractivity contribution in [3.8, 4) is 0 Å². The topological polar surface area (TPSA) is 126 Å². The Hall–Kier alpha value is -1.88. The highest BCUT2D eigenvalue weighted by molar-refractivity contribution is 7.99. The number of hydrogen-bond acceptors (Lipinski definition) is 7. The van der Waals surface area contributed by atoms with Gasteiger partial charge in [0.05, 0.1) is 18.6 Å². The van der Waals surface area contributed by atoms with E-state index in [2.05, 4.69) is 9.97 Å². The zero-order valence-electron chi connectivity index (χ0n) is 13.8. The van der Waals surface area contributed by atoms with Crippen molar-refractivity contribution >= 4 is 45.2 Å². The second-order valence-corrected chi connectivity index (χ2v) is 8.80. The van der Waals surface area contributed by atoms with Gasteiger partial charge in [-0.25, -0.2) is 18.4 Å². The van der Waals surface area contributed by atoms with Crippen LogP contribution in [0.3, 0.4) is 0 Å². The van der Waals surface area contributed by atoms with Crippen molar-refractivity contribution in [1.29, 1.82) is 0 Å². The number of aliphatic carboxylic acids is 1. The molecule has 2 aromatic rings. The molecule has 0 saturated heterocycles. The number of rotatable bonds is 8. The number of sulfonamides is 1. The Bertz CT molecular complexity index is 891. The first-order chi connectivity index (χ1) is 12.1. The zero-order valence-corrected chi connectivity index (χ0v) is 16.2. The molecule has 0 atom stereocenters. The average molecular weight is 417 g/mol. The third kappa shape index (κ3) is 6.45. The summed E-state index contributed by atoms with van der Waals surface area (Å²) < 4.78 is 25.4. The van der Waals surface area contributed by atoms with Crippen LogP contribution in [0.15, 0.2) is 35.4 Å². The lowest BCUT2D eigenvalue weighted by atomic mass is 10.2. The second kappa shape index (κ2) is 8.67. The number of carboxylic acid groups (broad SMARTS) is 1. The number of carbonyl (C=O) groups is 1. The van der Waals surface area contributed by atoms with Crippen LogP contribution in [0, 0.1) is 0 Å². The Labute approximate surface area is 160 Å². The van der Waals surface area contributed by atoms with E-state index in [4.69, 9.17) is 22.4 Å². The van der Waals surface area contributed by atoms with Gasteiger partial charge in [-0.05, 0) is 17.7 Å². The van der Waals surface area contributed by atoms with Gasteiger partial charge in [0, 0.05) is 17.6 Å². The fourth-order valence-corrected chi connectivity index (χ4v) is 3.52. The van der Waals surface area contributed by atoms with Gasteiger partial charge in [-0.2, -0.15) is 4.31 Å². The summed E-state index contributed by atoms with van der Waals surface area (Å²) in [6.45, 7) is 0.0267. The minimum atomic E-state index is -3.54. The van der Waals surface area contributed by atoms with Gasteiger partial charge in [-0.1, -0.05) is 35.5 Å². The fraction of sp³-hybridized carbons (Fsp3) is 0.267. The molecule has 0 bridgehead atoms. The molecule has 1 heterocycles. The third-order valence-corrected chi connectivity index (χ3v) is 5.52. The van der Waals surface area contributed by atoms with Crippen LogP contribution in [0.5, 0.6) is 0 Å². The number of nitrogens with zero attached hydrogens (tertiary/aromatic N) is 3. The van der Waals surface area contributed by atoms with Crippen LogP contribution in [0.2, 0.25) is 5.02 Å². The number of nitrogen functional groups attached to an aromatic ring is 1. The molecule has 0 aliphatic carbocycles. The predicted molar refractivity (Wildman–Crippen MR) is 100 cm³/mol. The van der Waals surface area contributed by atoms with Gasteiger partial charge in [0.2, 0.25) is 10.0 Å². The van der Waals surface area contributed by atoms with Crippen molar-refractivity contribution in [1.82, 2.24) is 14.3 Å². The van der Waals surface area contributed by atoms with E-state index in [0.29, 0.717) is 10.0 Å². The van der Waals surface area contributed by atoms with E-state index < -0.39 is 16.0 Å². The fourth-order valence-electron chi connectivity index (χ4n) is 2.01. The Morgan fingerprint density at radius 2 is 1.92 bits per heavy atom. The lowest BCUT2D eigenvalue weighted by molar-refractivity contribution is -0.133. The minimum absolute atomic E-state index is 0.0901. The molecule has 0 fully saturated rings. The van der Waals surface area contributed by atoms with E-state index in [1.165, 1.54) is 10.4 Å². The standard InChI is InChI=1S/C15H17ClN4O4S2/c1-26(23,24)20(7-10-2-4-11(16)5-3-10)8-13-18-12(17)6-14(19-13)25-9-15(21)22/h2-6H,7-9H2,1H3,(H,21,22)(H2,17,18,19). The van der Waals surface area contributed by atoms with Gasteiger partial charge in [0.15, 0.2) is 0 Å². The van der Waals surface area contributed by atoms with E-state index in [9.17, 15) is 13.2 Å². The molecule has 0 amide bonds. The highest BCUT2D eigenvalue weighted by atomic mass is 35.5. The number of aromatic nitrogens is 2. The summed E-state index contributed by atoms with van der Waals surface area (Å²) in [7, 11) is -3.54. The summed E-state index contributed by atoms with van der Waals surface area (Å²) in [5, 5.41) is 9.68. The normalized spacial score (nSPS) is 11.7. The van der Waals surface area contributed by atoms with Crippen LogP contribution in [-0.4, -0.2) is 45.8 Å². The molecule has 8 nitrogen and oxygen atoms in total. The number of halogens is 1. The van der Waals surface area contributed by atoms with E-state index in [-0.39, 0.29) is 30.5 Å². The molecule has 1 aromatic carbocycles. The highest BCUT2D eigenvalue weighted by Crippen LogP contribution is 2.19. The summed E-state index contributed by atoms with van der Waals surface area (Å²) in [6.07, 6.45) is 1.09. The number of nitrogens with two attached hydrogens (primary N) is 1. The smallest absolute Gasteiger partial charge is 0.313 e. The van der Waals surface area contributed by atoms with E-state index in [1.54, 1.807) is 24.3 Å². The first-order valence-corrected chi connectivity index (χ1v) is 10.5. The molecule has 3 N–H and O–H groups in total. The molecule has 26 heavy (non-hydrogen) atoms. The number of benzene rings is 1. The Kier molecular flexibility index (Phi) is 6.81. The SMILES string of the molecule is CS(=O)(=O)N(Cc1ccc(Cl)cc1)Cc1nc(N)cc(SCC(=O)O)n1. The highest BCUT2D eigenvalue weighted by Gasteiger charge is 2.20. The van der Waals surface area contributed by atoms with E-state index in [0.717, 1.165) is 23.6 Å².